The number of amides is 1. The average molecular weight is 297 g/mol. The van der Waals surface area contributed by atoms with E-state index < -0.39 is 46.8 Å². The number of hydrogen-bond donors (Lipinski definition) is 2. The third-order valence-electron chi connectivity index (χ3n) is 4.18. The highest BCUT2D eigenvalue weighted by Gasteiger charge is 2.65. The molecule has 0 bridgehead atoms. The molecule has 2 rings (SSSR count). The fraction of sp³-hybridized carbons (Fsp3) is 0.467. The number of carbonyl (C=O) groups excluding carboxylic acids is 1. The van der Waals surface area contributed by atoms with Crippen molar-refractivity contribution in [2.45, 2.75) is 26.8 Å². The van der Waals surface area contributed by atoms with Crippen molar-refractivity contribution in [2.75, 3.05) is 0 Å². The fourth-order valence-corrected chi connectivity index (χ4v) is 2.82. The molecule has 0 spiro atoms. The molecule has 1 saturated carbocycles. The summed E-state index contributed by atoms with van der Waals surface area (Å²) in [5.74, 6) is -4.87. The SMILES string of the molecule is CC(NC(=O)[C@@H]1[C@H](C(=O)O)C1(C)C)c1cccc(F)c1F. The summed E-state index contributed by atoms with van der Waals surface area (Å²) in [4.78, 5) is 23.2. The number of carbonyl (C=O) groups is 2. The monoisotopic (exact) mass is 297 g/mol. The van der Waals surface area contributed by atoms with Crippen LogP contribution < -0.4 is 5.32 Å². The second-order valence-corrected chi connectivity index (χ2v) is 5.99. The molecule has 0 aliphatic heterocycles. The summed E-state index contributed by atoms with van der Waals surface area (Å²) in [5, 5.41) is 11.6. The van der Waals surface area contributed by atoms with Crippen LogP contribution in [0.1, 0.15) is 32.4 Å². The van der Waals surface area contributed by atoms with Gasteiger partial charge in [-0.25, -0.2) is 8.78 Å². The number of carboxylic acid groups (broad SMARTS) is 1. The van der Waals surface area contributed by atoms with Crippen LogP contribution >= 0.6 is 0 Å². The fourth-order valence-electron chi connectivity index (χ4n) is 2.82. The van der Waals surface area contributed by atoms with Crippen molar-refractivity contribution in [1.29, 1.82) is 0 Å². The van der Waals surface area contributed by atoms with Crippen LogP contribution in [0.3, 0.4) is 0 Å². The molecule has 4 nitrogen and oxygen atoms in total. The smallest absolute Gasteiger partial charge is 0.307 e. The van der Waals surface area contributed by atoms with Crippen molar-refractivity contribution in [3.8, 4) is 0 Å². The Balaban J connectivity index is 2.11. The number of aliphatic carboxylic acids is 1. The third-order valence-corrected chi connectivity index (χ3v) is 4.18. The summed E-state index contributed by atoms with van der Waals surface area (Å²) in [6, 6.07) is 3.00. The maximum absolute atomic E-state index is 13.7. The van der Waals surface area contributed by atoms with Gasteiger partial charge >= 0.3 is 5.97 Å². The van der Waals surface area contributed by atoms with Gasteiger partial charge in [0.1, 0.15) is 0 Å². The Kier molecular flexibility index (Phi) is 3.74. The Bertz CT molecular complexity index is 601. The van der Waals surface area contributed by atoms with Gasteiger partial charge in [-0.2, -0.15) is 0 Å². The average Bonchev–Trinajstić information content (AvgIpc) is 2.96. The molecule has 1 amide bonds. The van der Waals surface area contributed by atoms with E-state index >= 15 is 0 Å². The van der Waals surface area contributed by atoms with E-state index in [1.165, 1.54) is 19.1 Å². The maximum atomic E-state index is 13.7. The largest absolute Gasteiger partial charge is 0.481 e. The van der Waals surface area contributed by atoms with Gasteiger partial charge in [-0.15, -0.1) is 0 Å². The third kappa shape index (κ3) is 2.62. The van der Waals surface area contributed by atoms with Gasteiger partial charge < -0.3 is 10.4 Å². The maximum Gasteiger partial charge on any atom is 0.307 e. The molecular formula is C15H17F2NO3. The molecule has 6 heteroatoms. The minimum atomic E-state index is -1.02. The van der Waals surface area contributed by atoms with Crippen LogP contribution in [-0.2, 0) is 9.59 Å². The second kappa shape index (κ2) is 5.09. The van der Waals surface area contributed by atoms with Gasteiger partial charge in [-0.3, -0.25) is 9.59 Å². The number of carboxylic acids is 1. The highest BCUT2D eigenvalue weighted by molar-refractivity contribution is 5.91. The molecule has 0 heterocycles. The molecule has 0 radical (unpaired) electrons. The first kappa shape index (κ1) is 15.4. The van der Waals surface area contributed by atoms with Crippen molar-refractivity contribution in [1.82, 2.24) is 5.32 Å². The molecule has 0 saturated heterocycles. The van der Waals surface area contributed by atoms with Crippen molar-refractivity contribution >= 4 is 11.9 Å². The normalized spacial score (nSPS) is 24.2. The molecule has 3 atom stereocenters. The summed E-state index contributed by atoms with van der Waals surface area (Å²) in [6.07, 6.45) is 0. The summed E-state index contributed by atoms with van der Waals surface area (Å²) in [5.41, 5.74) is -0.593. The molecule has 114 valence electrons. The Labute approximate surface area is 121 Å². The molecule has 1 aliphatic rings. The van der Waals surface area contributed by atoms with Crippen LogP contribution in [0.5, 0.6) is 0 Å². The Morgan fingerprint density at radius 2 is 1.90 bits per heavy atom. The van der Waals surface area contributed by atoms with Crippen LogP contribution in [0.25, 0.3) is 0 Å². The van der Waals surface area contributed by atoms with Crippen molar-refractivity contribution in [3.63, 3.8) is 0 Å². The van der Waals surface area contributed by atoms with Gasteiger partial charge in [0.25, 0.3) is 0 Å². The van der Waals surface area contributed by atoms with E-state index in [0.717, 1.165) is 6.07 Å². The Morgan fingerprint density at radius 1 is 1.29 bits per heavy atom. The van der Waals surface area contributed by atoms with Gasteiger partial charge in [0, 0.05) is 5.56 Å². The molecule has 1 aromatic rings. The van der Waals surface area contributed by atoms with E-state index in [9.17, 15) is 18.4 Å². The van der Waals surface area contributed by atoms with E-state index in [1.807, 2.05) is 0 Å². The van der Waals surface area contributed by atoms with E-state index in [2.05, 4.69) is 5.32 Å². The topological polar surface area (TPSA) is 66.4 Å². The lowest BCUT2D eigenvalue weighted by molar-refractivity contribution is -0.140. The van der Waals surface area contributed by atoms with Gasteiger partial charge in [0.2, 0.25) is 5.91 Å². The van der Waals surface area contributed by atoms with E-state index in [1.54, 1.807) is 13.8 Å². The van der Waals surface area contributed by atoms with Gasteiger partial charge in [-0.1, -0.05) is 26.0 Å². The Hall–Kier alpha value is -1.98. The number of benzene rings is 1. The highest BCUT2D eigenvalue weighted by Crippen LogP contribution is 2.58. The molecule has 1 aromatic carbocycles. The van der Waals surface area contributed by atoms with Gasteiger partial charge in [0.05, 0.1) is 17.9 Å². The van der Waals surface area contributed by atoms with Crippen molar-refractivity contribution in [3.05, 3.63) is 35.4 Å². The van der Waals surface area contributed by atoms with E-state index in [-0.39, 0.29) is 5.56 Å². The number of halogens is 2. The van der Waals surface area contributed by atoms with Crippen LogP contribution in [-0.4, -0.2) is 17.0 Å². The van der Waals surface area contributed by atoms with Gasteiger partial charge in [-0.05, 0) is 18.4 Å². The lowest BCUT2D eigenvalue weighted by Gasteiger charge is -2.16. The molecular weight excluding hydrogens is 280 g/mol. The molecule has 2 N–H and O–H groups in total. The Morgan fingerprint density at radius 3 is 2.43 bits per heavy atom. The summed E-state index contributed by atoms with van der Waals surface area (Å²) < 4.78 is 26.8. The second-order valence-electron chi connectivity index (χ2n) is 5.99. The highest BCUT2D eigenvalue weighted by atomic mass is 19.2. The van der Waals surface area contributed by atoms with Crippen LogP contribution in [0.15, 0.2) is 18.2 Å². The van der Waals surface area contributed by atoms with Crippen molar-refractivity contribution < 1.29 is 23.5 Å². The molecule has 1 aliphatic carbocycles. The lowest BCUT2D eigenvalue weighted by atomic mass is 10.1. The molecule has 1 unspecified atom stereocenters. The zero-order valence-corrected chi connectivity index (χ0v) is 12.0. The lowest BCUT2D eigenvalue weighted by Crippen LogP contribution is -2.30. The number of hydrogen-bond acceptors (Lipinski definition) is 2. The van der Waals surface area contributed by atoms with Crippen LogP contribution in [0, 0.1) is 28.9 Å². The number of rotatable bonds is 4. The number of nitrogens with one attached hydrogen (secondary N) is 1. The standard InChI is InChI=1S/C15H17F2NO3/c1-7(8-5-4-6-9(16)12(8)17)18-13(19)10-11(14(20)21)15(10,2)3/h4-7,10-11H,1-3H3,(H,18,19)(H,20,21)/t7?,10-,11+/m0/s1. The minimum Gasteiger partial charge on any atom is -0.481 e. The van der Waals surface area contributed by atoms with E-state index in [4.69, 9.17) is 5.11 Å². The minimum absolute atomic E-state index is 0.0358. The molecule has 21 heavy (non-hydrogen) atoms. The van der Waals surface area contributed by atoms with Crippen LogP contribution in [0.2, 0.25) is 0 Å². The zero-order valence-electron chi connectivity index (χ0n) is 12.0. The summed E-state index contributed by atoms with van der Waals surface area (Å²) in [7, 11) is 0. The first-order valence-corrected chi connectivity index (χ1v) is 6.65. The predicted octanol–water partition coefficient (Wildman–Crippen LogP) is 2.50. The zero-order chi connectivity index (χ0) is 15.9. The van der Waals surface area contributed by atoms with Crippen molar-refractivity contribution in [2.24, 2.45) is 17.3 Å². The predicted molar refractivity (Wildman–Crippen MR) is 71.3 cm³/mol. The summed E-state index contributed by atoms with van der Waals surface area (Å²) in [6.45, 7) is 4.92. The van der Waals surface area contributed by atoms with Gasteiger partial charge in [0.15, 0.2) is 11.6 Å². The first-order valence-electron chi connectivity index (χ1n) is 6.65. The van der Waals surface area contributed by atoms with E-state index in [0.29, 0.717) is 0 Å². The van der Waals surface area contributed by atoms with Crippen LogP contribution in [0.4, 0.5) is 8.78 Å². The summed E-state index contributed by atoms with van der Waals surface area (Å²) >= 11 is 0. The molecule has 0 aromatic heterocycles. The first-order chi connectivity index (χ1) is 9.67. The molecule has 1 fully saturated rings. The quantitative estimate of drug-likeness (QED) is 0.897.